The quantitative estimate of drug-likeness (QED) is 0.591. The van der Waals surface area contributed by atoms with Crippen molar-refractivity contribution in [2.45, 2.75) is 30.7 Å². The lowest BCUT2D eigenvalue weighted by Crippen LogP contribution is -1.95. The SMILES string of the molecule is CCCc1nc(CSc2nnc(-c3ccc(OC)cc3)n2C)cs1. The van der Waals surface area contributed by atoms with E-state index in [1.807, 2.05) is 35.9 Å². The summed E-state index contributed by atoms with van der Waals surface area (Å²) in [5.74, 6) is 2.50. The molecule has 0 N–H and O–H groups in total. The van der Waals surface area contributed by atoms with Crippen molar-refractivity contribution in [3.63, 3.8) is 0 Å². The van der Waals surface area contributed by atoms with Crippen LogP contribution in [-0.4, -0.2) is 26.9 Å². The van der Waals surface area contributed by atoms with Gasteiger partial charge in [-0.05, 0) is 37.1 Å². The third kappa shape index (κ3) is 3.79. The summed E-state index contributed by atoms with van der Waals surface area (Å²) < 4.78 is 7.21. The Balaban J connectivity index is 1.69. The highest BCUT2D eigenvalue weighted by molar-refractivity contribution is 7.98. The van der Waals surface area contributed by atoms with Gasteiger partial charge < -0.3 is 9.30 Å². The van der Waals surface area contributed by atoms with Crippen LogP contribution in [-0.2, 0) is 19.2 Å². The maximum absolute atomic E-state index is 5.19. The van der Waals surface area contributed by atoms with Gasteiger partial charge in [-0.15, -0.1) is 21.5 Å². The number of ether oxygens (including phenoxy) is 1. The van der Waals surface area contributed by atoms with E-state index in [0.29, 0.717) is 0 Å². The molecular weight excluding hydrogens is 340 g/mol. The molecule has 0 radical (unpaired) electrons. The fraction of sp³-hybridized carbons (Fsp3) is 0.353. The van der Waals surface area contributed by atoms with E-state index in [2.05, 4.69) is 27.5 Å². The molecule has 2 aromatic heterocycles. The molecule has 5 nitrogen and oxygen atoms in total. The van der Waals surface area contributed by atoms with E-state index in [4.69, 9.17) is 4.74 Å². The van der Waals surface area contributed by atoms with E-state index < -0.39 is 0 Å². The molecule has 0 spiro atoms. The first-order chi connectivity index (χ1) is 11.7. The smallest absolute Gasteiger partial charge is 0.191 e. The summed E-state index contributed by atoms with van der Waals surface area (Å²) in [7, 11) is 3.65. The van der Waals surface area contributed by atoms with Crippen LogP contribution in [0.15, 0.2) is 34.8 Å². The second-order valence-electron chi connectivity index (χ2n) is 5.36. The molecule has 0 aliphatic heterocycles. The van der Waals surface area contributed by atoms with E-state index >= 15 is 0 Å². The zero-order valence-electron chi connectivity index (χ0n) is 14.0. The Bertz CT molecular complexity index is 795. The van der Waals surface area contributed by atoms with E-state index in [9.17, 15) is 0 Å². The minimum atomic E-state index is 0.814. The molecule has 0 atom stereocenters. The van der Waals surface area contributed by atoms with Gasteiger partial charge >= 0.3 is 0 Å². The number of benzene rings is 1. The largest absolute Gasteiger partial charge is 0.497 e. The van der Waals surface area contributed by atoms with Gasteiger partial charge in [0.15, 0.2) is 11.0 Å². The monoisotopic (exact) mass is 360 g/mol. The number of hydrogen-bond donors (Lipinski definition) is 0. The lowest BCUT2D eigenvalue weighted by atomic mass is 10.2. The van der Waals surface area contributed by atoms with Crippen molar-refractivity contribution >= 4 is 23.1 Å². The van der Waals surface area contributed by atoms with E-state index in [1.165, 1.54) is 5.01 Å². The Hall–Kier alpha value is -1.86. The molecule has 0 aliphatic rings. The Morgan fingerprint density at radius 1 is 1.21 bits per heavy atom. The first-order valence-corrected chi connectivity index (χ1v) is 9.67. The molecular formula is C17H20N4OS2. The van der Waals surface area contributed by atoms with Gasteiger partial charge in [0.25, 0.3) is 0 Å². The average Bonchev–Trinajstić information content (AvgIpc) is 3.20. The summed E-state index contributed by atoms with van der Waals surface area (Å²) in [4.78, 5) is 4.66. The molecule has 24 heavy (non-hydrogen) atoms. The number of thioether (sulfide) groups is 1. The number of methoxy groups -OCH3 is 1. The van der Waals surface area contributed by atoms with Crippen molar-refractivity contribution in [2.24, 2.45) is 7.05 Å². The topological polar surface area (TPSA) is 52.8 Å². The standard InChI is InChI=1S/C17H20N4OS2/c1-4-5-15-18-13(10-23-15)11-24-17-20-19-16(21(17)2)12-6-8-14(22-3)9-7-12/h6-10H,4-5,11H2,1-3H3. The third-order valence-electron chi connectivity index (χ3n) is 3.60. The van der Waals surface area contributed by atoms with Crippen molar-refractivity contribution in [3.8, 4) is 17.1 Å². The first kappa shape index (κ1) is 17.0. The molecule has 0 saturated carbocycles. The van der Waals surface area contributed by atoms with Gasteiger partial charge in [-0.1, -0.05) is 18.7 Å². The van der Waals surface area contributed by atoms with Gasteiger partial charge in [0.2, 0.25) is 0 Å². The van der Waals surface area contributed by atoms with Gasteiger partial charge in [-0.25, -0.2) is 4.98 Å². The van der Waals surface area contributed by atoms with Crippen LogP contribution in [0.2, 0.25) is 0 Å². The molecule has 1 aromatic carbocycles. The Morgan fingerprint density at radius 3 is 2.71 bits per heavy atom. The van der Waals surface area contributed by atoms with Crippen LogP contribution in [0.25, 0.3) is 11.4 Å². The Morgan fingerprint density at radius 2 is 2.00 bits per heavy atom. The van der Waals surface area contributed by atoms with Gasteiger partial charge in [0.1, 0.15) is 5.75 Å². The van der Waals surface area contributed by atoms with Crippen molar-refractivity contribution in [1.82, 2.24) is 19.7 Å². The molecule has 0 aliphatic carbocycles. The molecule has 0 fully saturated rings. The fourth-order valence-corrected chi connectivity index (χ4v) is 4.12. The van der Waals surface area contributed by atoms with Gasteiger partial charge in [0, 0.05) is 23.7 Å². The minimum absolute atomic E-state index is 0.814. The average molecular weight is 361 g/mol. The molecule has 126 valence electrons. The number of nitrogens with zero attached hydrogens (tertiary/aromatic N) is 4. The number of aryl methyl sites for hydroxylation is 1. The van der Waals surface area contributed by atoms with Crippen molar-refractivity contribution < 1.29 is 4.74 Å². The van der Waals surface area contributed by atoms with E-state index in [1.54, 1.807) is 30.2 Å². The van der Waals surface area contributed by atoms with Crippen LogP contribution >= 0.6 is 23.1 Å². The van der Waals surface area contributed by atoms with E-state index in [-0.39, 0.29) is 0 Å². The van der Waals surface area contributed by atoms with Crippen LogP contribution in [0.1, 0.15) is 24.0 Å². The number of aromatic nitrogens is 4. The zero-order valence-corrected chi connectivity index (χ0v) is 15.7. The highest BCUT2D eigenvalue weighted by Crippen LogP contribution is 2.26. The zero-order chi connectivity index (χ0) is 16.9. The molecule has 0 saturated heterocycles. The summed E-state index contributed by atoms with van der Waals surface area (Å²) >= 11 is 3.40. The van der Waals surface area contributed by atoms with Crippen LogP contribution < -0.4 is 4.74 Å². The predicted octanol–water partition coefficient (Wildman–Crippen LogP) is 4.19. The Kier molecular flexibility index (Phi) is 5.52. The van der Waals surface area contributed by atoms with Crippen molar-refractivity contribution in [2.75, 3.05) is 7.11 Å². The van der Waals surface area contributed by atoms with Gasteiger partial charge in [0.05, 0.1) is 17.8 Å². The van der Waals surface area contributed by atoms with Gasteiger partial charge in [-0.2, -0.15) is 0 Å². The van der Waals surface area contributed by atoms with Crippen LogP contribution in [0, 0.1) is 0 Å². The van der Waals surface area contributed by atoms with Crippen LogP contribution in [0.3, 0.4) is 0 Å². The molecule has 3 rings (SSSR count). The lowest BCUT2D eigenvalue weighted by molar-refractivity contribution is 0.415. The van der Waals surface area contributed by atoms with Gasteiger partial charge in [-0.3, -0.25) is 0 Å². The maximum Gasteiger partial charge on any atom is 0.191 e. The second-order valence-corrected chi connectivity index (χ2v) is 7.25. The lowest BCUT2D eigenvalue weighted by Gasteiger charge is -2.04. The predicted molar refractivity (Wildman–Crippen MR) is 98.7 cm³/mol. The number of rotatable bonds is 7. The molecule has 3 aromatic rings. The second kappa shape index (κ2) is 7.81. The molecule has 0 bridgehead atoms. The summed E-state index contributed by atoms with van der Waals surface area (Å²) in [6, 6.07) is 7.85. The van der Waals surface area contributed by atoms with Crippen molar-refractivity contribution in [1.29, 1.82) is 0 Å². The van der Waals surface area contributed by atoms with Crippen LogP contribution in [0.4, 0.5) is 0 Å². The molecule has 0 unspecified atom stereocenters. The summed E-state index contributed by atoms with van der Waals surface area (Å²) in [5.41, 5.74) is 2.14. The first-order valence-electron chi connectivity index (χ1n) is 7.81. The summed E-state index contributed by atoms with van der Waals surface area (Å²) in [6.07, 6.45) is 2.19. The molecule has 2 heterocycles. The number of thiazole rings is 1. The summed E-state index contributed by atoms with van der Waals surface area (Å²) in [6.45, 7) is 2.18. The molecule has 7 heteroatoms. The summed E-state index contributed by atoms with van der Waals surface area (Å²) in [5, 5.41) is 12.9. The fourth-order valence-electron chi connectivity index (χ4n) is 2.31. The number of hydrogen-bond acceptors (Lipinski definition) is 6. The minimum Gasteiger partial charge on any atom is -0.497 e. The highest BCUT2D eigenvalue weighted by Gasteiger charge is 2.12. The maximum atomic E-state index is 5.19. The highest BCUT2D eigenvalue weighted by atomic mass is 32.2. The third-order valence-corrected chi connectivity index (χ3v) is 5.61. The van der Waals surface area contributed by atoms with Crippen LogP contribution in [0.5, 0.6) is 5.75 Å². The normalized spacial score (nSPS) is 11.0. The molecule has 0 amide bonds. The van der Waals surface area contributed by atoms with Crippen molar-refractivity contribution in [3.05, 3.63) is 40.3 Å². The van der Waals surface area contributed by atoms with E-state index in [0.717, 1.165) is 46.6 Å². The Labute approximate surface area is 150 Å².